The average molecular weight is 398 g/mol. The largest absolute Gasteiger partial charge is 0.465 e. The third kappa shape index (κ3) is 5.73. The topological polar surface area (TPSA) is 85.2 Å². The van der Waals surface area contributed by atoms with Gasteiger partial charge in [-0.15, -0.1) is 0 Å². The molecule has 0 aliphatic heterocycles. The van der Waals surface area contributed by atoms with Crippen LogP contribution < -0.4 is 10.6 Å². The number of ether oxygens (including phenoxy) is 1. The van der Waals surface area contributed by atoms with Crippen LogP contribution in [0.3, 0.4) is 0 Å². The molecule has 0 saturated carbocycles. The number of imidazole rings is 1. The van der Waals surface area contributed by atoms with Crippen molar-refractivity contribution in [2.24, 2.45) is 0 Å². The van der Waals surface area contributed by atoms with Gasteiger partial charge in [0.25, 0.3) is 0 Å². The van der Waals surface area contributed by atoms with Gasteiger partial charge in [0.2, 0.25) is 0 Å². The Morgan fingerprint density at radius 1 is 1.21 bits per heavy atom. The summed E-state index contributed by atoms with van der Waals surface area (Å²) in [6.07, 6.45) is -0.846. The summed E-state index contributed by atoms with van der Waals surface area (Å²) >= 11 is 0. The Bertz CT molecular complexity index is 803. The van der Waals surface area contributed by atoms with Gasteiger partial charge in [-0.1, -0.05) is 6.92 Å². The number of halogens is 3. The van der Waals surface area contributed by atoms with E-state index in [9.17, 15) is 22.8 Å². The van der Waals surface area contributed by atoms with Gasteiger partial charge in [0.1, 0.15) is 12.4 Å². The van der Waals surface area contributed by atoms with Crippen LogP contribution in [0.25, 0.3) is 0 Å². The molecular formula is C18H21F3N4O3. The first kappa shape index (κ1) is 21.3. The van der Waals surface area contributed by atoms with Crippen LogP contribution in [-0.4, -0.2) is 28.2 Å². The van der Waals surface area contributed by atoms with Crippen molar-refractivity contribution in [2.45, 2.75) is 39.0 Å². The molecule has 7 nitrogen and oxygen atoms in total. The molecule has 10 heteroatoms. The number of nitrogens with one attached hydrogen (secondary N) is 2. The standard InChI is InChI=1S/C18H21F3N4O3/c1-3-14(16-22-9-10-25(16)11-15(26)28-4-2)24-17(27)23-13-7-5-12(6-8-13)18(19,20)21/h5-10,14H,3-4,11H2,1-2H3,(H2,23,24,27). The Balaban J connectivity index is 2.02. The van der Waals surface area contributed by atoms with Crippen molar-refractivity contribution in [3.05, 3.63) is 48.0 Å². The molecule has 28 heavy (non-hydrogen) atoms. The smallest absolute Gasteiger partial charge is 0.416 e. The van der Waals surface area contributed by atoms with Crippen LogP contribution in [0.5, 0.6) is 0 Å². The quantitative estimate of drug-likeness (QED) is 0.696. The summed E-state index contributed by atoms with van der Waals surface area (Å²) in [5.74, 6) is 0.0453. The van der Waals surface area contributed by atoms with Crippen LogP contribution in [0, 0.1) is 0 Å². The Hall–Kier alpha value is -3.04. The first-order valence-electron chi connectivity index (χ1n) is 8.66. The predicted octanol–water partition coefficient (Wildman–Crippen LogP) is 3.74. The molecule has 152 valence electrons. The van der Waals surface area contributed by atoms with Crippen molar-refractivity contribution in [3.8, 4) is 0 Å². The van der Waals surface area contributed by atoms with Crippen LogP contribution >= 0.6 is 0 Å². The number of aromatic nitrogens is 2. The fraction of sp³-hybridized carbons (Fsp3) is 0.389. The van der Waals surface area contributed by atoms with E-state index in [1.54, 1.807) is 17.7 Å². The van der Waals surface area contributed by atoms with Gasteiger partial charge in [0.15, 0.2) is 0 Å². The molecule has 1 aromatic heterocycles. The molecule has 0 saturated heterocycles. The Kier molecular flexibility index (Phi) is 7.02. The monoisotopic (exact) mass is 398 g/mol. The molecule has 2 rings (SSSR count). The number of carbonyl (C=O) groups is 2. The van der Waals surface area contributed by atoms with Crippen molar-refractivity contribution in [1.29, 1.82) is 0 Å². The average Bonchev–Trinajstić information content (AvgIpc) is 3.07. The molecule has 2 aromatic rings. The Labute approximate surface area is 159 Å². The van der Waals surface area contributed by atoms with Crippen molar-refractivity contribution >= 4 is 17.7 Å². The normalized spacial score (nSPS) is 12.3. The van der Waals surface area contributed by atoms with Gasteiger partial charge in [-0.05, 0) is 37.6 Å². The highest BCUT2D eigenvalue weighted by molar-refractivity contribution is 5.89. The molecule has 1 atom stereocenters. The summed E-state index contributed by atoms with van der Waals surface area (Å²) < 4.78 is 44.3. The number of esters is 1. The van der Waals surface area contributed by atoms with Gasteiger partial charge in [-0.25, -0.2) is 9.78 Å². The van der Waals surface area contributed by atoms with E-state index in [-0.39, 0.29) is 18.8 Å². The zero-order chi connectivity index (χ0) is 20.7. The highest BCUT2D eigenvalue weighted by atomic mass is 19.4. The highest BCUT2D eigenvalue weighted by Gasteiger charge is 2.30. The molecule has 1 heterocycles. The van der Waals surface area contributed by atoms with Gasteiger partial charge >= 0.3 is 18.2 Å². The summed E-state index contributed by atoms with van der Waals surface area (Å²) in [6.45, 7) is 3.75. The molecule has 2 N–H and O–H groups in total. The van der Waals surface area contributed by atoms with Crippen LogP contribution in [0.15, 0.2) is 36.7 Å². The molecule has 1 aromatic carbocycles. The zero-order valence-corrected chi connectivity index (χ0v) is 15.4. The van der Waals surface area contributed by atoms with Gasteiger partial charge in [0.05, 0.1) is 18.2 Å². The fourth-order valence-electron chi connectivity index (χ4n) is 2.53. The van der Waals surface area contributed by atoms with Crippen molar-refractivity contribution in [2.75, 3.05) is 11.9 Å². The Morgan fingerprint density at radius 3 is 2.46 bits per heavy atom. The molecular weight excluding hydrogens is 377 g/mol. The van der Waals surface area contributed by atoms with Gasteiger partial charge < -0.3 is 19.9 Å². The van der Waals surface area contributed by atoms with E-state index >= 15 is 0 Å². The molecule has 0 bridgehead atoms. The van der Waals surface area contributed by atoms with E-state index < -0.39 is 29.8 Å². The summed E-state index contributed by atoms with van der Waals surface area (Å²) in [6, 6.07) is 3.02. The number of nitrogens with zero attached hydrogens (tertiary/aromatic N) is 2. The molecule has 0 aliphatic rings. The second-order valence-electron chi connectivity index (χ2n) is 5.85. The molecule has 1 unspecified atom stereocenters. The second-order valence-corrected chi connectivity index (χ2v) is 5.85. The van der Waals surface area contributed by atoms with E-state index in [1.807, 2.05) is 6.92 Å². The van der Waals surface area contributed by atoms with Crippen molar-refractivity contribution in [1.82, 2.24) is 14.9 Å². The number of carbonyl (C=O) groups excluding carboxylic acids is 2. The minimum absolute atomic E-state index is 0.0398. The van der Waals surface area contributed by atoms with E-state index in [0.717, 1.165) is 12.1 Å². The van der Waals surface area contributed by atoms with Crippen LogP contribution in [0.1, 0.15) is 37.7 Å². The minimum atomic E-state index is -4.44. The molecule has 2 amide bonds. The number of benzene rings is 1. The predicted molar refractivity (Wildman–Crippen MR) is 95.5 cm³/mol. The number of urea groups is 1. The first-order valence-corrected chi connectivity index (χ1v) is 8.66. The number of alkyl halides is 3. The summed E-state index contributed by atoms with van der Waals surface area (Å²) in [4.78, 5) is 28.1. The van der Waals surface area contributed by atoms with Crippen molar-refractivity contribution < 1.29 is 27.5 Å². The number of amides is 2. The number of anilines is 1. The third-order valence-electron chi connectivity index (χ3n) is 3.85. The van der Waals surface area contributed by atoms with Crippen LogP contribution in [-0.2, 0) is 22.3 Å². The molecule has 0 radical (unpaired) electrons. The van der Waals surface area contributed by atoms with Gasteiger partial charge in [-0.2, -0.15) is 13.2 Å². The van der Waals surface area contributed by atoms with Gasteiger partial charge in [0, 0.05) is 18.1 Å². The maximum atomic E-state index is 12.6. The SMILES string of the molecule is CCOC(=O)Cn1ccnc1C(CC)NC(=O)Nc1ccc(C(F)(F)F)cc1. The number of hydrogen-bond donors (Lipinski definition) is 2. The lowest BCUT2D eigenvalue weighted by molar-refractivity contribution is -0.144. The van der Waals surface area contributed by atoms with E-state index in [1.165, 1.54) is 18.3 Å². The summed E-state index contributed by atoms with van der Waals surface area (Å²) in [5.41, 5.74) is -0.582. The van der Waals surface area contributed by atoms with E-state index in [0.29, 0.717) is 12.2 Å². The second kappa shape index (κ2) is 9.25. The van der Waals surface area contributed by atoms with Crippen LogP contribution in [0.4, 0.5) is 23.7 Å². The lowest BCUT2D eigenvalue weighted by atomic mass is 10.2. The minimum Gasteiger partial charge on any atom is -0.465 e. The van der Waals surface area contributed by atoms with Gasteiger partial charge in [-0.3, -0.25) is 4.79 Å². The Morgan fingerprint density at radius 2 is 1.89 bits per heavy atom. The summed E-state index contributed by atoms with van der Waals surface area (Å²) in [7, 11) is 0. The maximum absolute atomic E-state index is 12.6. The zero-order valence-electron chi connectivity index (χ0n) is 15.4. The van der Waals surface area contributed by atoms with Crippen molar-refractivity contribution in [3.63, 3.8) is 0 Å². The molecule has 0 fully saturated rings. The fourth-order valence-corrected chi connectivity index (χ4v) is 2.53. The lowest BCUT2D eigenvalue weighted by Crippen LogP contribution is -2.34. The summed E-state index contributed by atoms with van der Waals surface area (Å²) in [5, 5.41) is 5.18. The highest BCUT2D eigenvalue weighted by Crippen LogP contribution is 2.29. The van der Waals surface area contributed by atoms with E-state index in [4.69, 9.17) is 4.74 Å². The van der Waals surface area contributed by atoms with Crippen LogP contribution in [0.2, 0.25) is 0 Å². The molecule has 0 aliphatic carbocycles. The maximum Gasteiger partial charge on any atom is 0.416 e. The number of rotatable bonds is 7. The van der Waals surface area contributed by atoms with E-state index in [2.05, 4.69) is 15.6 Å². The third-order valence-corrected chi connectivity index (χ3v) is 3.85. The number of hydrogen-bond acceptors (Lipinski definition) is 4. The first-order chi connectivity index (χ1) is 13.2. The molecule has 0 spiro atoms. The lowest BCUT2D eigenvalue weighted by Gasteiger charge is -2.18.